The van der Waals surface area contributed by atoms with Gasteiger partial charge >= 0.3 is 0 Å². The van der Waals surface area contributed by atoms with E-state index in [0.29, 0.717) is 5.92 Å². The van der Waals surface area contributed by atoms with Crippen molar-refractivity contribution in [2.75, 3.05) is 20.1 Å². The molecule has 188 valence electrons. The Bertz CT molecular complexity index is 831. The molecule has 1 heterocycles. The zero-order valence-electron chi connectivity index (χ0n) is 23.0. The van der Waals surface area contributed by atoms with Crippen molar-refractivity contribution in [1.29, 1.82) is 0 Å². The minimum absolute atomic E-state index is 0.221. The summed E-state index contributed by atoms with van der Waals surface area (Å²) in [6, 6.07) is 0. The van der Waals surface area contributed by atoms with Gasteiger partial charge in [-0.05, 0) is 93.5 Å². The number of hydrogen-bond donors (Lipinski definition) is 1. The van der Waals surface area contributed by atoms with Gasteiger partial charge < -0.3 is 10.2 Å². The van der Waals surface area contributed by atoms with Crippen molar-refractivity contribution in [3.63, 3.8) is 0 Å². The van der Waals surface area contributed by atoms with Gasteiger partial charge in [-0.25, -0.2) is 0 Å². The summed E-state index contributed by atoms with van der Waals surface area (Å²) in [6.07, 6.45) is 30.0. The van der Waals surface area contributed by atoms with Crippen molar-refractivity contribution in [2.45, 2.75) is 80.1 Å². The second kappa shape index (κ2) is 14.2. The maximum atomic E-state index is 3.26. The van der Waals surface area contributed by atoms with Crippen LogP contribution in [0.5, 0.6) is 0 Å². The first-order chi connectivity index (χ1) is 16.2. The van der Waals surface area contributed by atoms with E-state index in [0.717, 1.165) is 31.8 Å². The zero-order valence-corrected chi connectivity index (χ0v) is 23.0. The van der Waals surface area contributed by atoms with Gasteiger partial charge in [-0.1, -0.05) is 81.4 Å². The molecule has 1 unspecified atom stereocenters. The quantitative estimate of drug-likeness (QED) is 0.327. The molecule has 1 saturated heterocycles. The highest BCUT2D eigenvalue weighted by molar-refractivity contribution is 5.31. The van der Waals surface area contributed by atoms with Crippen LogP contribution in [0.3, 0.4) is 0 Å². The standard InChI is InChI=1S/C32H50N2/c1-8-11-31(14-10-21-32(4,5)6)34-22-19-28(20-23-34)17-18-29(25-33-7)12-9-13-30-24-26(2)15-16-27(30)3/h8-12,14-16,21,25-26,28,33H,13,17-20,22-24H2,1-7H3/b11-8-,12-9-,21-10+,29-25+,31-14+. The van der Waals surface area contributed by atoms with Gasteiger partial charge in [0.2, 0.25) is 0 Å². The molecule has 2 rings (SSSR count). The fourth-order valence-electron chi connectivity index (χ4n) is 4.75. The number of allylic oxidation sites excluding steroid dienone is 12. The highest BCUT2D eigenvalue weighted by Crippen LogP contribution is 2.28. The van der Waals surface area contributed by atoms with Crippen LogP contribution < -0.4 is 5.32 Å². The molecule has 2 heteroatoms. The lowest BCUT2D eigenvalue weighted by Gasteiger charge is -2.34. The van der Waals surface area contributed by atoms with Crippen molar-refractivity contribution in [3.8, 4) is 0 Å². The molecule has 34 heavy (non-hydrogen) atoms. The van der Waals surface area contributed by atoms with E-state index in [4.69, 9.17) is 0 Å². The van der Waals surface area contributed by atoms with Crippen molar-refractivity contribution in [2.24, 2.45) is 17.3 Å². The van der Waals surface area contributed by atoms with Gasteiger partial charge in [0.05, 0.1) is 0 Å². The normalized spacial score (nSPS) is 21.6. The molecule has 0 aromatic heterocycles. The van der Waals surface area contributed by atoms with Gasteiger partial charge in [-0.3, -0.25) is 0 Å². The molecule has 1 N–H and O–H groups in total. The number of likely N-dealkylation sites (tertiary alicyclic amines) is 1. The SMILES string of the molecule is C\C=C/C(=C\C=C\C(C)(C)C)N1CCC(CCC(/C=C\CC2=C(C)C=CC(C)C2)=C/NC)CC1. The van der Waals surface area contributed by atoms with Crippen LogP contribution in [0.25, 0.3) is 0 Å². The first-order valence-electron chi connectivity index (χ1n) is 13.4. The Morgan fingerprint density at radius 1 is 1.18 bits per heavy atom. The van der Waals surface area contributed by atoms with Gasteiger partial charge in [-0.2, -0.15) is 0 Å². The van der Waals surface area contributed by atoms with E-state index in [2.05, 4.69) is 113 Å². The molecule has 0 spiro atoms. The van der Waals surface area contributed by atoms with E-state index in [1.165, 1.54) is 42.5 Å². The number of hydrogen-bond acceptors (Lipinski definition) is 2. The maximum absolute atomic E-state index is 3.26. The highest BCUT2D eigenvalue weighted by Gasteiger charge is 2.20. The summed E-state index contributed by atoms with van der Waals surface area (Å²) in [5.74, 6) is 1.49. The molecule has 0 aromatic carbocycles. The average Bonchev–Trinajstić information content (AvgIpc) is 2.79. The number of nitrogens with zero attached hydrogens (tertiary/aromatic N) is 1. The van der Waals surface area contributed by atoms with Crippen LogP contribution >= 0.6 is 0 Å². The minimum Gasteiger partial charge on any atom is -0.394 e. The monoisotopic (exact) mass is 462 g/mol. The lowest BCUT2D eigenvalue weighted by Crippen LogP contribution is -2.32. The van der Waals surface area contributed by atoms with E-state index in [1.807, 2.05) is 7.05 Å². The number of nitrogens with one attached hydrogen (secondary N) is 1. The lowest BCUT2D eigenvalue weighted by molar-refractivity contribution is 0.224. The van der Waals surface area contributed by atoms with Crippen LogP contribution in [-0.2, 0) is 0 Å². The predicted octanol–water partition coefficient (Wildman–Crippen LogP) is 8.50. The van der Waals surface area contributed by atoms with Crippen molar-refractivity contribution in [3.05, 3.63) is 83.3 Å². The second-order valence-corrected chi connectivity index (χ2v) is 11.2. The summed E-state index contributed by atoms with van der Waals surface area (Å²) in [7, 11) is 2.01. The Hall–Kier alpha value is -2.22. The molecule has 0 aromatic rings. The molecule has 1 fully saturated rings. The predicted molar refractivity (Wildman–Crippen MR) is 152 cm³/mol. The zero-order chi connectivity index (χ0) is 25.0. The third-order valence-electron chi connectivity index (χ3n) is 6.85. The van der Waals surface area contributed by atoms with E-state index >= 15 is 0 Å². The smallest absolute Gasteiger partial charge is 0.0362 e. The molecule has 2 aliphatic rings. The molecule has 1 atom stereocenters. The molecule has 0 bridgehead atoms. The molecule has 2 nitrogen and oxygen atoms in total. The summed E-state index contributed by atoms with van der Waals surface area (Å²) in [5, 5.41) is 3.26. The highest BCUT2D eigenvalue weighted by atomic mass is 15.1. The third kappa shape index (κ3) is 10.4. The summed E-state index contributed by atoms with van der Waals surface area (Å²) >= 11 is 0. The Balaban J connectivity index is 1.86. The molecular weight excluding hydrogens is 412 g/mol. The van der Waals surface area contributed by atoms with Gasteiger partial charge in [0, 0.05) is 25.8 Å². The fraction of sp³-hybridized carbons (Fsp3) is 0.562. The summed E-state index contributed by atoms with van der Waals surface area (Å²) in [6.45, 7) is 15.7. The largest absolute Gasteiger partial charge is 0.394 e. The Labute approximate surface area is 211 Å². The first-order valence-corrected chi connectivity index (χ1v) is 13.4. The van der Waals surface area contributed by atoms with Gasteiger partial charge in [0.1, 0.15) is 0 Å². The summed E-state index contributed by atoms with van der Waals surface area (Å²) in [5.41, 5.74) is 6.03. The van der Waals surface area contributed by atoms with E-state index in [1.54, 1.807) is 5.57 Å². The maximum Gasteiger partial charge on any atom is 0.0362 e. The van der Waals surface area contributed by atoms with E-state index < -0.39 is 0 Å². The topological polar surface area (TPSA) is 15.3 Å². The van der Waals surface area contributed by atoms with Gasteiger partial charge in [0.25, 0.3) is 0 Å². The molecule has 0 radical (unpaired) electrons. The summed E-state index contributed by atoms with van der Waals surface area (Å²) in [4.78, 5) is 2.56. The van der Waals surface area contributed by atoms with Crippen molar-refractivity contribution in [1.82, 2.24) is 10.2 Å². The van der Waals surface area contributed by atoms with E-state index in [9.17, 15) is 0 Å². The van der Waals surface area contributed by atoms with Gasteiger partial charge in [-0.15, -0.1) is 0 Å². The second-order valence-electron chi connectivity index (χ2n) is 11.2. The number of rotatable bonds is 10. The van der Waals surface area contributed by atoms with Crippen molar-refractivity contribution < 1.29 is 0 Å². The Morgan fingerprint density at radius 3 is 2.56 bits per heavy atom. The van der Waals surface area contributed by atoms with Crippen LogP contribution in [0.4, 0.5) is 0 Å². The third-order valence-corrected chi connectivity index (χ3v) is 6.85. The van der Waals surface area contributed by atoms with Crippen LogP contribution in [0.2, 0.25) is 0 Å². The van der Waals surface area contributed by atoms with E-state index in [-0.39, 0.29) is 5.41 Å². The molecule has 0 saturated carbocycles. The van der Waals surface area contributed by atoms with Crippen LogP contribution in [0.15, 0.2) is 83.3 Å². The first kappa shape index (κ1) is 28.0. The molecular formula is C32H50N2. The number of piperidine rings is 1. The van der Waals surface area contributed by atoms with Crippen molar-refractivity contribution >= 4 is 0 Å². The Morgan fingerprint density at radius 2 is 1.91 bits per heavy atom. The van der Waals surface area contributed by atoms with Crippen LogP contribution in [0, 0.1) is 17.3 Å². The molecule has 1 aliphatic heterocycles. The van der Waals surface area contributed by atoms with Gasteiger partial charge in [0.15, 0.2) is 0 Å². The molecule has 1 aliphatic carbocycles. The minimum atomic E-state index is 0.221. The average molecular weight is 463 g/mol. The fourth-order valence-corrected chi connectivity index (χ4v) is 4.75. The lowest BCUT2D eigenvalue weighted by atomic mass is 9.88. The summed E-state index contributed by atoms with van der Waals surface area (Å²) < 4.78 is 0. The molecule has 0 amide bonds. The van der Waals surface area contributed by atoms with Crippen LogP contribution in [-0.4, -0.2) is 25.0 Å². The Kier molecular flexibility index (Phi) is 11.7. The van der Waals surface area contributed by atoms with Crippen LogP contribution in [0.1, 0.15) is 80.1 Å².